The van der Waals surface area contributed by atoms with Crippen molar-refractivity contribution < 1.29 is 9.59 Å². The van der Waals surface area contributed by atoms with Crippen molar-refractivity contribution in [1.82, 2.24) is 14.7 Å². The Kier molecular flexibility index (Phi) is 7.99. The van der Waals surface area contributed by atoms with E-state index >= 15 is 0 Å². The van der Waals surface area contributed by atoms with Crippen LogP contribution >= 0.6 is 11.8 Å². The molecule has 0 aromatic heterocycles. The number of amides is 2. The van der Waals surface area contributed by atoms with Crippen molar-refractivity contribution in [3.63, 3.8) is 0 Å². The molecule has 2 amide bonds. The first kappa shape index (κ1) is 25.8. The van der Waals surface area contributed by atoms with Crippen LogP contribution in [0.5, 0.6) is 0 Å². The number of thioether (sulfide) groups is 1. The number of amidine groups is 1. The third-order valence-corrected chi connectivity index (χ3v) is 7.55. The number of benzene rings is 2. The zero-order chi connectivity index (χ0) is 25.8. The largest absolute Gasteiger partial charge is 0.341 e. The van der Waals surface area contributed by atoms with E-state index < -0.39 is 0 Å². The maximum atomic E-state index is 13.7. The standard InChI is InChI=1S/C29H34N4O2S/c1-6-32(7-2)28(35)26-21(4)30-29-33(27(26)23-15-11-12-20(3)16-23)24(19-36-29)17-25(34)31(5)18-22-13-9-8-10-14-22/h8-16,19,27H,6-7,17-18H2,1-5H3. The predicted octanol–water partition coefficient (Wildman–Crippen LogP) is 5.49. The zero-order valence-corrected chi connectivity index (χ0v) is 22.5. The molecule has 0 spiro atoms. The van der Waals surface area contributed by atoms with Crippen LogP contribution in [0.25, 0.3) is 0 Å². The Bertz CT molecular complexity index is 1230. The number of fused-ring (bicyclic) bond motifs is 1. The molecule has 2 aromatic carbocycles. The summed E-state index contributed by atoms with van der Waals surface area (Å²) < 4.78 is 0. The van der Waals surface area contributed by atoms with Gasteiger partial charge in [-0.25, -0.2) is 4.99 Å². The third kappa shape index (κ3) is 5.26. The monoisotopic (exact) mass is 502 g/mol. The molecule has 0 fully saturated rings. The SMILES string of the molecule is CCN(CC)C(=O)C1=C(C)N=C2SC=C(CC(=O)N(C)Cc3ccccc3)N2C1c1cccc(C)c1. The Morgan fingerprint density at radius 3 is 2.42 bits per heavy atom. The summed E-state index contributed by atoms with van der Waals surface area (Å²) in [6.07, 6.45) is 0.240. The highest BCUT2D eigenvalue weighted by Crippen LogP contribution is 2.45. The van der Waals surface area contributed by atoms with Crippen molar-refractivity contribution in [3.05, 3.63) is 93.7 Å². The van der Waals surface area contributed by atoms with Gasteiger partial charge in [0.2, 0.25) is 5.91 Å². The van der Waals surface area contributed by atoms with Gasteiger partial charge in [-0.2, -0.15) is 0 Å². The number of carbonyl (C=O) groups excluding carboxylic acids is 2. The van der Waals surface area contributed by atoms with Gasteiger partial charge in [0.15, 0.2) is 5.17 Å². The summed E-state index contributed by atoms with van der Waals surface area (Å²) in [6, 6.07) is 17.9. The summed E-state index contributed by atoms with van der Waals surface area (Å²) in [5.74, 6) is 0.0217. The first-order valence-corrected chi connectivity index (χ1v) is 13.3. The van der Waals surface area contributed by atoms with Crippen LogP contribution in [0.4, 0.5) is 0 Å². The molecule has 4 rings (SSSR count). The van der Waals surface area contributed by atoms with Gasteiger partial charge in [0.1, 0.15) is 0 Å². The number of carbonyl (C=O) groups is 2. The Morgan fingerprint density at radius 2 is 1.75 bits per heavy atom. The molecule has 0 saturated carbocycles. The number of rotatable bonds is 8. The van der Waals surface area contributed by atoms with E-state index in [9.17, 15) is 9.59 Å². The lowest BCUT2D eigenvalue weighted by Crippen LogP contribution is -2.42. The van der Waals surface area contributed by atoms with Crippen molar-refractivity contribution in [1.29, 1.82) is 0 Å². The second-order valence-electron chi connectivity index (χ2n) is 9.20. The summed E-state index contributed by atoms with van der Waals surface area (Å²) >= 11 is 1.52. The maximum absolute atomic E-state index is 13.7. The maximum Gasteiger partial charge on any atom is 0.254 e. The molecule has 2 aromatic rings. The number of hydrogen-bond donors (Lipinski definition) is 0. The zero-order valence-electron chi connectivity index (χ0n) is 21.7. The van der Waals surface area contributed by atoms with Crippen molar-refractivity contribution >= 4 is 28.7 Å². The van der Waals surface area contributed by atoms with Crippen molar-refractivity contribution in [3.8, 4) is 0 Å². The number of aliphatic imine (C=N–C) groups is 1. The normalized spacial score (nSPS) is 16.9. The third-order valence-electron chi connectivity index (χ3n) is 6.66. The molecule has 0 radical (unpaired) electrons. The van der Waals surface area contributed by atoms with E-state index in [1.54, 1.807) is 4.90 Å². The number of aryl methyl sites for hydroxylation is 1. The van der Waals surface area contributed by atoms with Gasteiger partial charge in [-0.05, 0) is 44.2 Å². The smallest absolute Gasteiger partial charge is 0.254 e. The van der Waals surface area contributed by atoms with Gasteiger partial charge < -0.3 is 14.7 Å². The molecule has 2 aliphatic heterocycles. The number of likely N-dealkylation sites (N-methyl/N-ethyl adjacent to an activating group) is 1. The van der Waals surface area contributed by atoms with Crippen LogP contribution in [0.3, 0.4) is 0 Å². The van der Waals surface area contributed by atoms with Crippen LogP contribution in [-0.2, 0) is 16.1 Å². The second kappa shape index (κ2) is 11.2. The minimum atomic E-state index is -0.334. The highest BCUT2D eigenvalue weighted by atomic mass is 32.2. The Morgan fingerprint density at radius 1 is 1.03 bits per heavy atom. The van der Waals surface area contributed by atoms with E-state index in [1.807, 2.05) is 74.5 Å². The van der Waals surface area contributed by atoms with E-state index in [-0.39, 0.29) is 24.3 Å². The fourth-order valence-corrected chi connectivity index (χ4v) is 5.68. The fraction of sp³-hybridized carbons (Fsp3) is 0.345. The molecule has 0 saturated heterocycles. The Balaban J connectivity index is 1.67. The van der Waals surface area contributed by atoms with Crippen LogP contribution in [0.2, 0.25) is 0 Å². The summed E-state index contributed by atoms with van der Waals surface area (Å²) in [5, 5.41) is 2.82. The van der Waals surface area contributed by atoms with E-state index in [0.29, 0.717) is 25.2 Å². The average Bonchev–Trinajstić information content (AvgIpc) is 3.26. The molecule has 7 heteroatoms. The van der Waals surface area contributed by atoms with E-state index in [0.717, 1.165) is 33.3 Å². The molecule has 2 heterocycles. The molecule has 0 aliphatic carbocycles. The highest BCUT2D eigenvalue weighted by molar-refractivity contribution is 8.16. The molecule has 1 atom stereocenters. The van der Waals surface area contributed by atoms with Gasteiger partial charge in [0.25, 0.3) is 5.91 Å². The molecule has 36 heavy (non-hydrogen) atoms. The molecule has 6 nitrogen and oxygen atoms in total. The molecular formula is C29H34N4O2S. The molecule has 0 N–H and O–H groups in total. The number of nitrogens with zero attached hydrogens (tertiary/aromatic N) is 4. The first-order chi connectivity index (χ1) is 17.3. The van der Waals surface area contributed by atoms with Gasteiger partial charge >= 0.3 is 0 Å². The van der Waals surface area contributed by atoms with Crippen LogP contribution in [0.1, 0.15) is 49.9 Å². The van der Waals surface area contributed by atoms with Crippen LogP contribution < -0.4 is 0 Å². The van der Waals surface area contributed by atoms with Gasteiger partial charge in [-0.15, -0.1) is 0 Å². The Labute approximate surface area is 218 Å². The minimum absolute atomic E-state index is 0.00409. The summed E-state index contributed by atoms with van der Waals surface area (Å²) in [6.45, 7) is 9.77. The molecule has 2 aliphatic rings. The van der Waals surface area contributed by atoms with Gasteiger partial charge in [-0.1, -0.05) is 71.9 Å². The van der Waals surface area contributed by atoms with Gasteiger partial charge in [0.05, 0.1) is 23.7 Å². The van der Waals surface area contributed by atoms with Crippen molar-refractivity contribution in [2.24, 2.45) is 4.99 Å². The average molecular weight is 503 g/mol. The van der Waals surface area contributed by atoms with Crippen LogP contribution in [0.15, 0.2) is 82.0 Å². The summed E-state index contributed by atoms with van der Waals surface area (Å²) in [7, 11) is 1.83. The quantitative estimate of drug-likeness (QED) is 0.479. The topological polar surface area (TPSA) is 56.2 Å². The van der Waals surface area contributed by atoms with Crippen LogP contribution in [-0.4, -0.2) is 51.8 Å². The molecule has 188 valence electrons. The lowest BCUT2D eigenvalue weighted by molar-refractivity contribution is -0.129. The predicted molar refractivity (Wildman–Crippen MR) is 147 cm³/mol. The highest BCUT2D eigenvalue weighted by Gasteiger charge is 2.41. The van der Waals surface area contributed by atoms with E-state index in [4.69, 9.17) is 4.99 Å². The second-order valence-corrected chi connectivity index (χ2v) is 10.0. The lowest BCUT2D eigenvalue weighted by atomic mass is 9.92. The fourth-order valence-electron chi connectivity index (χ4n) is 4.72. The summed E-state index contributed by atoms with van der Waals surface area (Å²) in [4.78, 5) is 37.5. The minimum Gasteiger partial charge on any atom is -0.341 e. The molecule has 0 bridgehead atoms. The first-order valence-electron chi connectivity index (χ1n) is 12.4. The molecule has 1 unspecified atom stereocenters. The number of hydrogen-bond acceptors (Lipinski definition) is 5. The Hall–Kier alpha value is -3.32. The molecular weight excluding hydrogens is 468 g/mol. The lowest BCUT2D eigenvalue weighted by Gasteiger charge is -2.38. The number of allylic oxidation sites excluding steroid dienone is 1. The van der Waals surface area contributed by atoms with Gasteiger partial charge in [-0.3, -0.25) is 9.59 Å². The summed E-state index contributed by atoms with van der Waals surface area (Å²) in [5.41, 5.74) is 5.51. The van der Waals surface area contributed by atoms with Crippen molar-refractivity contribution in [2.45, 2.75) is 46.7 Å². The van der Waals surface area contributed by atoms with Gasteiger partial charge in [0, 0.05) is 32.4 Å². The van der Waals surface area contributed by atoms with E-state index in [1.165, 1.54) is 11.8 Å². The van der Waals surface area contributed by atoms with E-state index in [2.05, 4.69) is 30.0 Å². The van der Waals surface area contributed by atoms with Crippen molar-refractivity contribution in [2.75, 3.05) is 20.1 Å². The van der Waals surface area contributed by atoms with Crippen LogP contribution in [0, 0.1) is 6.92 Å².